The van der Waals surface area contributed by atoms with Crippen LogP contribution in [0.4, 0.5) is 11.4 Å². The van der Waals surface area contributed by atoms with E-state index in [0.717, 1.165) is 16.2 Å². The molecule has 0 aliphatic heterocycles. The molecule has 2 aromatic carbocycles. The maximum atomic E-state index is 13.2. The Kier molecular flexibility index (Phi) is 4.51. The fourth-order valence-electron chi connectivity index (χ4n) is 3.13. The molecule has 0 N–H and O–H groups in total. The van der Waals surface area contributed by atoms with Gasteiger partial charge in [0.25, 0.3) is 15.7 Å². The third-order valence-corrected chi connectivity index (χ3v) is 6.18. The Hall–Kier alpha value is -4.12. The van der Waals surface area contributed by atoms with Crippen molar-refractivity contribution in [1.29, 1.82) is 0 Å². The smallest absolute Gasteiger partial charge is 0.258 e. The number of fused-ring (bicyclic) bond motifs is 1. The number of hydrogen-bond donors (Lipinski definition) is 0. The van der Waals surface area contributed by atoms with E-state index in [2.05, 4.69) is 4.98 Å². The highest BCUT2D eigenvalue weighted by atomic mass is 32.2. The van der Waals surface area contributed by atoms with Gasteiger partial charge in [-0.15, -0.1) is 0 Å². The number of aromatic nitrogens is 2. The van der Waals surface area contributed by atoms with Gasteiger partial charge < -0.3 is 0 Å². The minimum atomic E-state index is -4.00. The van der Waals surface area contributed by atoms with Gasteiger partial charge in [0.15, 0.2) is 5.69 Å². The van der Waals surface area contributed by atoms with E-state index < -0.39 is 31.2 Å². The SMILES string of the molecule is O=[N+]([O-])c1cnc(-c2cn(S(=O)(=O)c3ccccc3)c3ccccc23)c([N+](=O)[O-])c1. The number of nitro groups is 2. The molecule has 2 aromatic heterocycles. The second kappa shape index (κ2) is 7.04. The van der Waals surface area contributed by atoms with Crippen molar-refractivity contribution in [3.8, 4) is 11.3 Å². The Morgan fingerprint density at radius 2 is 1.57 bits per heavy atom. The van der Waals surface area contributed by atoms with Crippen molar-refractivity contribution in [3.05, 3.63) is 93.3 Å². The zero-order valence-corrected chi connectivity index (χ0v) is 15.9. The van der Waals surface area contributed by atoms with Gasteiger partial charge in [-0.25, -0.2) is 17.4 Å². The first-order valence-corrected chi connectivity index (χ1v) is 9.94. The van der Waals surface area contributed by atoms with Crippen molar-refractivity contribution in [2.45, 2.75) is 4.90 Å². The van der Waals surface area contributed by atoms with Crippen molar-refractivity contribution < 1.29 is 18.3 Å². The van der Waals surface area contributed by atoms with E-state index in [9.17, 15) is 28.6 Å². The lowest BCUT2D eigenvalue weighted by Gasteiger charge is -2.07. The number of pyridine rings is 1. The van der Waals surface area contributed by atoms with Crippen LogP contribution in [-0.4, -0.2) is 27.2 Å². The molecule has 0 unspecified atom stereocenters. The highest BCUT2D eigenvalue weighted by Gasteiger charge is 2.27. The van der Waals surface area contributed by atoms with Gasteiger partial charge in [-0.05, 0) is 18.2 Å². The third-order valence-electron chi connectivity index (χ3n) is 4.49. The maximum Gasteiger partial charge on any atom is 0.302 e. The molecule has 0 radical (unpaired) electrons. The fourth-order valence-corrected chi connectivity index (χ4v) is 4.52. The zero-order valence-electron chi connectivity index (χ0n) is 15.1. The number of benzene rings is 2. The molecule has 0 saturated heterocycles. The second-order valence-corrected chi connectivity index (χ2v) is 8.06. The summed E-state index contributed by atoms with van der Waals surface area (Å²) in [6.45, 7) is 0. The Labute approximate surface area is 169 Å². The maximum absolute atomic E-state index is 13.2. The normalized spacial score (nSPS) is 11.5. The summed E-state index contributed by atoms with van der Waals surface area (Å²) in [4.78, 5) is 24.9. The van der Waals surface area contributed by atoms with E-state index in [0.29, 0.717) is 10.9 Å². The summed E-state index contributed by atoms with van der Waals surface area (Å²) in [5, 5.41) is 22.9. The number of rotatable bonds is 5. The summed E-state index contributed by atoms with van der Waals surface area (Å²) < 4.78 is 27.4. The molecule has 0 bridgehead atoms. The minimum absolute atomic E-state index is 0.0449. The van der Waals surface area contributed by atoms with Gasteiger partial charge in [0, 0.05) is 17.1 Å². The number of para-hydroxylation sites is 1. The van der Waals surface area contributed by atoms with E-state index in [1.807, 2.05) is 0 Å². The molecule has 0 saturated carbocycles. The van der Waals surface area contributed by atoms with Gasteiger partial charge in [-0.1, -0.05) is 36.4 Å². The van der Waals surface area contributed by atoms with Crippen LogP contribution < -0.4 is 0 Å². The van der Waals surface area contributed by atoms with Crippen LogP contribution in [0.3, 0.4) is 0 Å². The van der Waals surface area contributed by atoms with Crippen LogP contribution in [-0.2, 0) is 10.0 Å². The number of nitrogens with zero attached hydrogens (tertiary/aromatic N) is 4. The highest BCUT2D eigenvalue weighted by molar-refractivity contribution is 7.90. The standard InChI is InChI=1S/C19H12N4O6S/c24-22(25)13-10-18(23(26)27)19(20-11-13)16-12-21(17-9-5-4-8-15(16)17)30(28,29)14-6-2-1-3-7-14/h1-12H. The molecule has 11 heteroatoms. The molecule has 30 heavy (non-hydrogen) atoms. The van der Waals surface area contributed by atoms with Gasteiger partial charge in [-0.2, -0.15) is 0 Å². The van der Waals surface area contributed by atoms with Gasteiger partial charge in [0.05, 0.1) is 26.3 Å². The van der Waals surface area contributed by atoms with Crippen LogP contribution in [0, 0.1) is 20.2 Å². The Morgan fingerprint density at radius 3 is 2.23 bits per heavy atom. The number of hydrogen-bond acceptors (Lipinski definition) is 7. The largest absolute Gasteiger partial charge is 0.302 e. The fraction of sp³-hybridized carbons (Fsp3) is 0. The molecular weight excluding hydrogens is 412 g/mol. The van der Waals surface area contributed by atoms with E-state index in [1.165, 1.54) is 18.3 Å². The summed E-state index contributed by atoms with van der Waals surface area (Å²) in [6.07, 6.45) is 2.15. The molecular formula is C19H12N4O6S. The molecule has 2 heterocycles. The molecule has 4 rings (SSSR count). The molecule has 0 fully saturated rings. The van der Waals surface area contributed by atoms with Gasteiger partial charge >= 0.3 is 5.69 Å². The van der Waals surface area contributed by atoms with E-state index in [1.54, 1.807) is 42.5 Å². The molecule has 0 aliphatic rings. The Morgan fingerprint density at radius 1 is 0.900 bits per heavy atom. The lowest BCUT2D eigenvalue weighted by Crippen LogP contribution is -2.11. The first kappa shape index (κ1) is 19.2. The average molecular weight is 424 g/mol. The van der Waals surface area contributed by atoms with Gasteiger partial charge in [0.1, 0.15) is 6.20 Å². The van der Waals surface area contributed by atoms with Crippen LogP contribution in [0.5, 0.6) is 0 Å². The summed E-state index contributed by atoms with van der Waals surface area (Å²) in [5.41, 5.74) is -0.823. The Balaban J connectivity index is 2.02. The van der Waals surface area contributed by atoms with Crippen LogP contribution in [0.2, 0.25) is 0 Å². The highest BCUT2D eigenvalue weighted by Crippen LogP contribution is 2.37. The third kappa shape index (κ3) is 3.06. The van der Waals surface area contributed by atoms with E-state index in [-0.39, 0.29) is 16.2 Å². The van der Waals surface area contributed by atoms with Crippen molar-refractivity contribution in [2.24, 2.45) is 0 Å². The van der Waals surface area contributed by atoms with Crippen molar-refractivity contribution in [3.63, 3.8) is 0 Å². The molecule has 0 aliphatic carbocycles. The molecule has 0 atom stereocenters. The van der Waals surface area contributed by atoms with Crippen LogP contribution in [0.15, 0.2) is 78.0 Å². The molecule has 10 nitrogen and oxygen atoms in total. The van der Waals surface area contributed by atoms with Gasteiger partial charge in [0.2, 0.25) is 0 Å². The molecule has 0 spiro atoms. The summed E-state index contributed by atoms with van der Waals surface area (Å²) in [6, 6.07) is 15.0. The monoisotopic (exact) mass is 424 g/mol. The summed E-state index contributed by atoms with van der Waals surface area (Å²) in [5.74, 6) is 0. The average Bonchev–Trinajstić information content (AvgIpc) is 3.14. The van der Waals surface area contributed by atoms with Crippen LogP contribution in [0.25, 0.3) is 22.2 Å². The van der Waals surface area contributed by atoms with Crippen molar-refractivity contribution in [2.75, 3.05) is 0 Å². The van der Waals surface area contributed by atoms with Crippen molar-refractivity contribution >= 4 is 32.3 Å². The van der Waals surface area contributed by atoms with E-state index in [4.69, 9.17) is 0 Å². The van der Waals surface area contributed by atoms with Crippen LogP contribution in [0.1, 0.15) is 0 Å². The lowest BCUT2D eigenvalue weighted by molar-refractivity contribution is -0.394. The first-order chi connectivity index (χ1) is 14.3. The summed E-state index contributed by atoms with van der Waals surface area (Å²) >= 11 is 0. The Bertz CT molecular complexity index is 1410. The second-order valence-electron chi connectivity index (χ2n) is 6.25. The lowest BCUT2D eigenvalue weighted by atomic mass is 10.1. The van der Waals surface area contributed by atoms with Crippen molar-refractivity contribution in [1.82, 2.24) is 8.96 Å². The summed E-state index contributed by atoms with van der Waals surface area (Å²) in [7, 11) is -4.00. The van der Waals surface area contributed by atoms with Gasteiger partial charge in [-0.3, -0.25) is 20.2 Å². The first-order valence-electron chi connectivity index (χ1n) is 8.50. The van der Waals surface area contributed by atoms with E-state index >= 15 is 0 Å². The molecule has 0 amide bonds. The molecule has 150 valence electrons. The minimum Gasteiger partial charge on any atom is -0.258 e. The topological polar surface area (TPSA) is 138 Å². The zero-order chi connectivity index (χ0) is 21.5. The quantitative estimate of drug-likeness (QED) is 0.351. The predicted molar refractivity (Wildman–Crippen MR) is 108 cm³/mol. The van der Waals surface area contributed by atoms with Crippen LogP contribution >= 0.6 is 0 Å². The predicted octanol–water partition coefficient (Wildman–Crippen LogP) is 3.76. The molecule has 4 aromatic rings.